The maximum absolute atomic E-state index is 12.2. The second-order valence-corrected chi connectivity index (χ2v) is 4.72. The highest BCUT2D eigenvalue weighted by molar-refractivity contribution is 6.08. The highest BCUT2D eigenvalue weighted by Crippen LogP contribution is 2.20. The third-order valence-corrected chi connectivity index (χ3v) is 3.03. The lowest BCUT2D eigenvalue weighted by Crippen LogP contribution is -2.19. The number of amides is 1. The molecule has 2 N–H and O–H groups in total. The number of carboxylic acids is 1. The predicted octanol–water partition coefficient (Wildman–Crippen LogP) is 1.79. The van der Waals surface area contributed by atoms with Crippen LogP contribution in [0, 0.1) is 6.92 Å². The van der Waals surface area contributed by atoms with E-state index in [2.05, 4.69) is 25.5 Å². The van der Waals surface area contributed by atoms with Gasteiger partial charge in [-0.1, -0.05) is 0 Å². The molecule has 9 nitrogen and oxygen atoms in total. The molecule has 9 heteroatoms. The van der Waals surface area contributed by atoms with Gasteiger partial charge < -0.3 is 14.8 Å². The first-order chi connectivity index (χ1) is 11.5. The summed E-state index contributed by atoms with van der Waals surface area (Å²) in [5.41, 5.74) is 0.482. The number of rotatable bonds is 4. The van der Waals surface area contributed by atoms with Crippen LogP contribution in [0.4, 0.5) is 5.69 Å². The zero-order valence-corrected chi connectivity index (χ0v) is 12.4. The topological polar surface area (TPSA) is 131 Å². The lowest BCUT2D eigenvalue weighted by atomic mass is 10.2. The second-order valence-electron chi connectivity index (χ2n) is 4.72. The van der Waals surface area contributed by atoms with E-state index in [1.807, 2.05) is 0 Å². The van der Waals surface area contributed by atoms with Gasteiger partial charge in [0, 0.05) is 30.6 Å². The Bertz CT molecular complexity index is 904. The first kappa shape index (κ1) is 15.3. The normalized spacial score (nSPS) is 10.4. The highest BCUT2D eigenvalue weighted by Gasteiger charge is 2.19. The van der Waals surface area contributed by atoms with Crippen molar-refractivity contribution in [1.82, 2.24) is 20.2 Å². The number of aromatic nitrogens is 4. The number of aromatic carboxylic acids is 1. The lowest BCUT2D eigenvalue weighted by molar-refractivity contribution is 0.0685. The maximum Gasteiger partial charge on any atom is 0.356 e. The van der Waals surface area contributed by atoms with Gasteiger partial charge in [-0.15, -0.1) is 10.2 Å². The van der Waals surface area contributed by atoms with E-state index in [-0.39, 0.29) is 5.69 Å². The van der Waals surface area contributed by atoms with Crippen molar-refractivity contribution in [2.75, 3.05) is 5.32 Å². The van der Waals surface area contributed by atoms with E-state index in [1.54, 1.807) is 31.2 Å². The maximum atomic E-state index is 12.2. The molecule has 24 heavy (non-hydrogen) atoms. The van der Waals surface area contributed by atoms with E-state index < -0.39 is 17.6 Å². The Labute approximate surface area is 135 Å². The van der Waals surface area contributed by atoms with E-state index >= 15 is 0 Å². The van der Waals surface area contributed by atoms with Crippen molar-refractivity contribution in [2.24, 2.45) is 0 Å². The van der Waals surface area contributed by atoms with Crippen molar-refractivity contribution in [3.8, 4) is 11.5 Å². The molecule has 0 radical (unpaired) electrons. The third kappa shape index (κ3) is 3.09. The van der Waals surface area contributed by atoms with Crippen LogP contribution >= 0.6 is 0 Å². The van der Waals surface area contributed by atoms with Crippen molar-refractivity contribution in [2.45, 2.75) is 6.92 Å². The Morgan fingerprint density at radius 2 is 1.71 bits per heavy atom. The number of aryl methyl sites for hydroxylation is 1. The van der Waals surface area contributed by atoms with Gasteiger partial charge in [-0.05, 0) is 24.3 Å². The summed E-state index contributed by atoms with van der Waals surface area (Å²) < 4.78 is 5.31. The fourth-order valence-corrected chi connectivity index (χ4v) is 1.96. The lowest BCUT2D eigenvalue weighted by Gasteiger charge is -2.06. The fourth-order valence-electron chi connectivity index (χ4n) is 1.96. The van der Waals surface area contributed by atoms with Crippen molar-refractivity contribution >= 4 is 17.6 Å². The molecule has 0 spiro atoms. The molecule has 0 aliphatic rings. The summed E-state index contributed by atoms with van der Waals surface area (Å²) in [6.45, 7) is 1.69. The van der Waals surface area contributed by atoms with Crippen molar-refractivity contribution in [1.29, 1.82) is 0 Å². The summed E-state index contributed by atoms with van der Waals surface area (Å²) in [7, 11) is 0. The van der Waals surface area contributed by atoms with Gasteiger partial charge in [0.15, 0.2) is 11.4 Å². The summed E-state index contributed by atoms with van der Waals surface area (Å²) in [4.78, 5) is 30.7. The molecule has 3 aromatic rings. The molecule has 120 valence electrons. The molecule has 0 aliphatic heterocycles. The minimum atomic E-state index is -1.32. The molecule has 1 amide bonds. The summed E-state index contributed by atoms with van der Waals surface area (Å²) in [5.74, 6) is -1.17. The molecule has 0 bridgehead atoms. The number of carbonyl (C=O) groups is 2. The summed E-state index contributed by atoms with van der Waals surface area (Å²) in [6.07, 6.45) is 2.46. The second kappa shape index (κ2) is 6.24. The Morgan fingerprint density at radius 3 is 2.29 bits per heavy atom. The number of carbonyl (C=O) groups excluding carboxylic acids is 1. The van der Waals surface area contributed by atoms with Gasteiger partial charge in [0.2, 0.25) is 11.8 Å². The molecule has 0 aliphatic carbocycles. The van der Waals surface area contributed by atoms with Gasteiger partial charge in [0.1, 0.15) is 0 Å². The van der Waals surface area contributed by atoms with E-state index in [0.29, 0.717) is 23.0 Å². The smallest absolute Gasteiger partial charge is 0.356 e. The van der Waals surface area contributed by atoms with Gasteiger partial charge >= 0.3 is 5.97 Å². The van der Waals surface area contributed by atoms with Crippen LogP contribution in [-0.2, 0) is 0 Å². The minimum absolute atomic E-state index is 0.262. The van der Waals surface area contributed by atoms with Gasteiger partial charge in [-0.2, -0.15) is 0 Å². The molecule has 2 aromatic heterocycles. The minimum Gasteiger partial charge on any atom is -0.476 e. The van der Waals surface area contributed by atoms with Crippen LogP contribution in [-0.4, -0.2) is 37.1 Å². The Balaban J connectivity index is 1.79. The zero-order chi connectivity index (χ0) is 17.1. The van der Waals surface area contributed by atoms with Gasteiger partial charge in [0.25, 0.3) is 5.91 Å². The molecule has 3 rings (SSSR count). The Hall–Kier alpha value is -3.62. The van der Waals surface area contributed by atoms with Gasteiger partial charge in [-0.3, -0.25) is 4.79 Å². The van der Waals surface area contributed by atoms with Crippen molar-refractivity contribution in [3.05, 3.63) is 53.9 Å². The third-order valence-electron chi connectivity index (χ3n) is 3.03. The van der Waals surface area contributed by atoms with E-state index in [4.69, 9.17) is 9.52 Å². The van der Waals surface area contributed by atoms with Crippen LogP contribution in [0.15, 0.2) is 41.1 Å². The highest BCUT2D eigenvalue weighted by atomic mass is 16.4. The number of nitrogens with zero attached hydrogens (tertiary/aromatic N) is 4. The zero-order valence-electron chi connectivity index (χ0n) is 12.4. The largest absolute Gasteiger partial charge is 0.476 e. The van der Waals surface area contributed by atoms with Crippen LogP contribution in [0.2, 0.25) is 0 Å². The van der Waals surface area contributed by atoms with Gasteiger partial charge in [0.05, 0.1) is 0 Å². The molecular weight excluding hydrogens is 314 g/mol. The molecule has 1 aromatic carbocycles. The summed E-state index contributed by atoms with van der Waals surface area (Å²) >= 11 is 0. The summed E-state index contributed by atoms with van der Waals surface area (Å²) in [5, 5.41) is 19.2. The van der Waals surface area contributed by atoms with Crippen LogP contribution in [0.5, 0.6) is 0 Å². The Kier molecular flexibility index (Phi) is 3.98. The fraction of sp³-hybridized carbons (Fsp3) is 0.0667. The van der Waals surface area contributed by atoms with E-state index in [1.165, 1.54) is 12.4 Å². The van der Waals surface area contributed by atoms with Crippen LogP contribution in [0.25, 0.3) is 11.5 Å². The number of hydrogen-bond acceptors (Lipinski definition) is 7. The molecule has 0 saturated carbocycles. The van der Waals surface area contributed by atoms with Crippen molar-refractivity contribution < 1.29 is 19.1 Å². The molecule has 0 atom stereocenters. The molecule has 0 saturated heterocycles. The predicted molar refractivity (Wildman–Crippen MR) is 81.4 cm³/mol. The van der Waals surface area contributed by atoms with Crippen molar-refractivity contribution in [3.63, 3.8) is 0 Å². The first-order valence-electron chi connectivity index (χ1n) is 6.81. The van der Waals surface area contributed by atoms with Crippen LogP contribution in [0.3, 0.4) is 0 Å². The average Bonchev–Trinajstić information content (AvgIpc) is 3.02. The standard InChI is InChI=1S/C15H11N5O4/c1-8-19-20-14(24-8)9-2-4-10(5-3-9)18-13(21)11-12(15(22)23)17-7-6-16-11/h2-7H,1H3,(H,18,21)(H,22,23). The number of nitrogens with one attached hydrogen (secondary N) is 1. The van der Waals surface area contributed by atoms with E-state index in [9.17, 15) is 9.59 Å². The number of carboxylic acid groups (broad SMARTS) is 1. The number of anilines is 1. The quantitative estimate of drug-likeness (QED) is 0.742. The summed E-state index contributed by atoms with van der Waals surface area (Å²) in [6, 6.07) is 6.64. The van der Waals surface area contributed by atoms with E-state index in [0.717, 1.165) is 0 Å². The molecule has 0 unspecified atom stereocenters. The SMILES string of the molecule is Cc1nnc(-c2ccc(NC(=O)c3nccnc3C(=O)O)cc2)o1. The molecule has 2 heterocycles. The number of benzene rings is 1. The molecular formula is C15H11N5O4. The molecule has 0 fully saturated rings. The van der Waals surface area contributed by atoms with Crippen LogP contribution < -0.4 is 5.32 Å². The average molecular weight is 325 g/mol. The monoisotopic (exact) mass is 325 g/mol. The number of hydrogen-bond donors (Lipinski definition) is 2. The Morgan fingerprint density at radius 1 is 1.04 bits per heavy atom. The van der Waals surface area contributed by atoms with Gasteiger partial charge in [-0.25, -0.2) is 14.8 Å². The first-order valence-corrected chi connectivity index (χ1v) is 6.81. The van der Waals surface area contributed by atoms with Crippen LogP contribution in [0.1, 0.15) is 26.9 Å².